The third-order valence-corrected chi connectivity index (χ3v) is 3.43. The third kappa shape index (κ3) is 2.71. The van der Waals surface area contributed by atoms with Crippen molar-refractivity contribution in [2.45, 2.75) is 0 Å². The molecule has 1 aromatic heterocycles. The fourth-order valence-corrected chi connectivity index (χ4v) is 2.20. The smallest absolute Gasteiger partial charge is 0.375 e. The molecule has 0 saturated heterocycles. The molecule has 0 atom stereocenters. The minimum Gasteiger partial charge on any atom is -0.475 e. The second-order valence-corrected chi connectivity index (χ2v) is 5.23. The number of hydrogen-bond donors (Lipinski definition) is 1. The van der Waals surface area contributed by atoms with Crippen molar-refractivity contribution in [2.24, 2.45) is 0 Å². The molecule has 5 nitrogen and oxygen atoms in total. The molecule has 0 spiro atoms. The average Bonchev–Trinajstić information content (AvgIpc) is 2.94. The first-order valence-electron chi connectivity index (χ1n) is 6.17. The van der Waals surface area contributed by atoms with Crippen molar-refractivity contribution in [3.8, 4) is 17.1 Å². The van der Waals surface area contributed by atoms with Crippen LogP contribution in [0.3, 0.4) is 0 Å². The molecule has 1 N–H and O–H groups in total. The Labute approximate surface area is 129 Å². The molecule has 6 heteroatoms. The fourth-order valence-electron chi connectivity index (χ4n) is 1.94. The van der Waals surface area contributed by atoms with Crippen LogP contribution in [0.1, 0.15) is 10.6 Å². The van der Waals surface area contributed by atoms with Gasteiger partial charge in [0.05, 0.1) is 5.69 Å². The highest BCUT2D eigenvalue weighted by atomic mass is 79.9. The summed E-state index contributed by atoms with van der Waals surface area (Å²) in [7, 11) is 0. The highest BCUT2D eigenvalue weighted by Gasteiger charge is 2.17. The Morgan fingerprint density at radius 1 is 1.05 bits per heavy atom. The standard InChI is InChI=1S/C15H10BrN3O2/c16-11-8-6-10(7-9-11)14-17-13(15(20)21)18-19(14)12-4-2-1-3-5-12/h1-9H,(H,20,21). The summed E-state index contributed by atoms with van der Waals surface area (Å²) in [4.78, 5) is 15.3. The lowest BCUT2D eigenvalue weighted by Gasteiger charge is -2.05. The lowest BCUT2D eigenvalue weighted by Crippen LogP contribution is -2.02. The normalized spacial score (nSPS) is 10.5. The summed E-state index contributed by atoms with van der Waals surface area (Å²) in [5.41, 5.74) is 1.55. The highest BCUT2D eigenvalue weighted by Crippen LogP contribution is 2.23. The fraction of sp³-hybridized carbons (Fsp3) is 0. The number of aromatic nitrogens is 3. The Hall–Kier alpha value is -2.47. The Morgan fingerprint density at radius 3 is 2.33 bits per heavy atom. The Bertz CT molecular complexity index is 782. The maximum Gasteiger partial charge on any atom is 0.375 e. The van der Waals surface area contributed by atoms with Crippen LogP contribution in [-0.2, 0) is 0 Å². The number of nitrogens with zero attached hydrogens (tertiary/aromatic N) is 3. The van der Waals surface area contributed by atoms with E-state index in [-0.39, 0.29) is 5.82 Å². The van der Waals surface area contributed by atoms with Crippen LogP contribution in [0.15, 0.2) is 59.1 Å². The number of carboxylic acids is 1. The minimum absolute atomic E-state index is 0.225. The van der Waals surface area contributed by atoms with E-state index in [0.29, 0.717) is 5.82 Å². The van der Waals surface area contributed by atoms with Gasteiger partial charge >= 0.3 is 5.97 Å². The molecule has 3 aromatic rings. The van der Waals surface area contributed by atoms with Crippen molar-refractivity contribution in [3.05, 3.63) is 64.9 Å². The second-order valence-electron chi connectivity index (χ2n) is 4.32. The third-order valence-electron chi connectivity index (χ3n) is 2.90. The maximum absolute atomic E-state index is 11.1. The number of benzene rings is 2. The first-order valence-corrected chi connectivity index (χ1v) is 6.96. The van der Waals surface area contributed by atoms with Gasteiger partial charge in [0.15, 0.2) is 5.82 Å². The van der Waals surface area contributed by atoms with Crippen LogP contribution in [0.25, 0.3) is 17.1 Å². The molecule has 0 amide bonds. The molecule has 3 rings (SSSR count). The SMILES string of the molecule is O=C(O)c1nc(-c2ccc(Br)cc2)n(-c2ccccc2)n1. The van der Waals surface area contributed by atoms with Gasteiger partial charge in [-0.1, -0.05) is 46.3 Å². The zero-order chi connectivity index (χ0) is 14.8. The van der Waals surface area contributed by atoms with E-state index in [1.807, 2.05) is 54.6 Å². The van der Waals surface area contributed by atoms with Gasteiger partial charge in [0.1, 0.15) is 0 Å². The number of para-hydroxylation sites is 1. The van der Waals surface area contributed by atoms with Gasteiger partial charge in [-0.3, -0.25) is 0 Å². The highest BCUT2D eigenvalue weighted by molar-refractivity contribution is 9.10. The number of halogens is 1. The van der Waals surface area contributed by atoms with E-state index in [1.54, 1.807) is 0 Å². The van der Waals surface area contributed by atoms with Crippen LogP contribution in [0, 0.1) is 0 Å². The second kappa shape index (κ2) is 5.49. The zero-order valence-electron chi connectivity index (χ0n) is 10.8. The summed E-state index contributed by atoms with van der Waals surface area (Å²) in [6.45, 7) is 0. The van der Waals surface area contributed by atoms with E-state index < -0.39 is 5.97 Å². The number of aromatic carboxylic acids is 1. The largest absolute Gasteiger partial charge is 0.475 e. The molecule has 21 heavy (non-hydrogen) atoms. The molecule has 0 saturated carbocycles. The van der Waals surface area contributed by atoms with Gasteiger partial charge in [0, 0.05) is 10.0 Å². The van der Waals surface area contributed by atoms with Crippen molar-refractivity contribution < 1.29 is 9.90 Å². The zero-order valence-corrected chi connectivity index (χ0v) is 12.4. The quantitative estimate of drug-likeness (QED) is 0.791. The maximum atomic E-state index is 11.1. The number of carboxylic acid groups (broad SMARTS) is 1. The predicted octanol–water partition coefficient (Wildman–Crippen LogP) is 3.40. The van der Waals surface area contributed by atoms with Crippen LogP contribution in [0.2, 0.25) is 0 Å². The van der Waals surface area contributed by atoms with Crippen molar-refractivity contribution in [3.63, 3.8) is 0 Å². The number of hydrogen-bond acceptors (Lipinski definition) is 3. The van der Waals surface area contributed by atoms with E-state index in [0.717, 1.165) is 15.7 Å². The summed E-state index contributed by atoms with van der Waals surface area (Å²) in [5.74, 6) is -0.883. The van der Waals surface area contributed by atoms with E-state index in [1.165, 1.54) is 4.68 Å². The molecule has 2 aromatic carbocycles. The summed E-state index contributed by atoms with van der Waals surface area (Å²) >= 11 is 3.37. The monoisotopic (exact) mass is 343 g/mol. The van der Waals surface area contributed by atoms with Gasteiger partial charge in [-0.05, 0) is 24.3 Å². The van der Waals surface area contributed by atoms with E-state index in [2.05, 4.69) is 26.0 Å². The number of rotatable bonds is 3. The van der Waals surface area contributed by atoms with Crippen LogP contribution < -0.4 is 0 Å². The molecule has 0 fully saturated rings. The molecule has 0 aliphatic heterocycles. The average molecular weight is 344 g/mol. The van der Waals surface area contributed by atoms with E-state index >= 15 is 0 Å². The molecule has 104 valence electrons. The van der Waals surface area contributed by atoms with Crippen LogP contribution in [-0.4, -0.2) is 25.8 Å². The topological polar surface area (TPSA) is 68.0 Å². The Morgan fingerprint density at radius 2 is 1.71 bits per heavy atom. The molecule has 0 radical (unpaired) electrons. The summed E-state index contributed by atoms with van der Waals surface area (Å²) in [6, 6.07) is 16.8. The van der Waals surface area contributed by atoms with Crippen molar-refractivity contribution >= 4 is 21.9 Å². The molecule has 0 aliphatic rings. The van der Waals surface area contributed by atoms with Gasteiger partial charge in [-0.15, -0.1) is 5.10 Å². The minimum atomic E-state index is -1.15. The molecular weight excluding hydrogens is 334 g/mol. The van der Waals surface area contributed by atoms with E-state index in [9.17, 15) is 4.79 Å². The van der Waals surface area contributed by atoms with Crippen LogP contribution in [0.5, 0.6) is 0 Å². The first-order chi connectivity index (χ1) is 10.1. The van der Waals surface area contributed by atoms with Crippen molar-refractivity contribution in [1.29, 1.82) is 0 Å². The van der Waals surface area contributed by atoms with Crippen LogP contribution in [0.4, 0.5) is 0 Å². The van der Waals surface area contributed by atoms with Gasteiger partial charge in [-0.25, -0.2) is 14.5 Å². The first kappa shape index (κ1) is 13.5. The van der Waals surface area contributed by atoms with Crippen molar-refractivity contribution in [1.82, 2.24) is 14.8 Å². The van der Waals surface area contributed by atoms with E-state index in [4.69, 9.17) is 5.11 Å². The molecule has 1 heterocycles. The predicted molar refractivity (Wildman–Crippen MR) is 81.5 cm³/mol. The van der Waals surface area contributed by atoms with Gasteiger partial charge in [0.2, 0.25) is 0 Å². The molecule has 0 unspecified atom stereocenters. The summed E-state index contributed by atoms with van der Waals surface area (Å²) < 4.78 is 2.47. The van der Waals surface area contributed by atoms with Gasteiger partial charge in [-0.2, -0.15) is 0 Å². The van der Waals surface area contributed by atoms with Gasteiger partial charge < -0.3 is 5.11 Å². The summed E-state index contributed by atoms with van der Waals surface area (Å²) in [5, 5.41) is 13.2. The van der Waals surface area contributed by atoms with Gasteiger partial charge in [0.25, 0.3) is 5.82 Å². The summed E-state index contributed by atoms with van der Waals surface area (Å²) in [6.07, 6.45) is 0. The Balaban J connectivity index is 2.19. The lowest BCUT2D eigenvalue weighted by atomic mass is 10.2. The molecular formula is C15H10BrN3O2. The molecule has 0 bridgehead atoms. The van der Waals surface area contributed by atoms with Crippen molar-refractivity contribution in [2.75, 3.05) is 0 Å². The lowest BCUT2D eigenvalue weighted by molar-refractivity contribution is 0.0683. The Kier molecular flexibility index (Phi) is 3.53. The number of carbonyl (C=O) groups is 1. The molecule has 0 aliphatic carbocycles. The van der Waals surface area contributed by atoms with Crippen LogP contribution >= 0.6 is 15.9 Å².